The van der Waals surface area contributed by atoms with Crippen LogP contribution in [0.2, 0.25) is 5.02 Å². The zero-order chi connectivity index (χ0) is 29.1. The zero-order valence-electron chi connectivity index (χ0n) is 23.6. The second kappa shape index (κ2) is 15.8. The van der Waals surface area contributed by atoms with Crippen LogP contribution < -0.4 is 0 Å². The van der Waals surface area contributed by atoms with Crippen molar-refractivity contribution in [3.63, 3.8) is 0 Å². The van der Waals surface area contributed by atoms with E-state index in [1.807, 2.05) is 85.8 Å². The molecule has 7 heteroatoms. The van der Waals surface area contributed by atoms with Gasteiger partial charge in [-0.05, 0) is 47.4 Å². The second-order valence-corrected chi connectivity index (χ2v) is 11.7. The molecule has 5 atom stereocenters. The summed E-state index contributed by atoms with van der Waals surface area (Å²) in [6, 6.07) is 36.0. The highest BCUT2D eigenvalue weighted by Crippen LogP contribution is 2.31. The molecule has 4 aromatic rings. The molecule has 4 aromatic carbocycles. The first-order valence-corrected chi connectivity index (χ1v) is 15.4. The maximum Gasteiger partial charge on any atom is 0.115 e. The molecular formula is C35H36BrClO5. The third-order valence-electron chi connectivity index (χ3n) is 7.29. The molecule has 0 aromatic heterocycles. The van der Waals surface area contributed by atoms with Crippen LogP contribution >= 0.6 is 27.5 Å². The summed E-state index contributed by atoms with van der Waals surface area (Å²) in [5.41, 5.74) is 4.25. The van der Waals surface area contributed by atoms with Crippen LogP contribution in [0.4, 0.5) is 0 Å². The fourth-order valence-electron chi connectivity index (χ4n) is 5.06. The van der Waals surface area contributed by atoms with Gasteiger partial charge in [0.1, 0.15) is 24.4 Å². The smallest absolute Gasteiger partial charge is 0.115 e. The van der Waals surface area contributed by atoms with Crippen molar-refractivity contribution in [3.05, 3.63) is 141 Å². The standard InChI is InChI=1S/C35H36BrClO5/c1-25-33(41-23-29-14-8-9-15-31(29)36)35(40-22-27-12-6-3-7-13-27)34(39-21-26-10-4-2-5-11-26)32(42-25)24-38-20-28-16-18-30(37)19-17-28/h2-19,25,32-35H,20-24H2,1H3/t25?,32-,33?,34-,35+/m0/s1. The molecule has 0 saturated carbocycles. The van der Waals surface area contributed by atoms with Crippen molar-refractivity contribution in [2.45, 2.75) is 63.9 Å². The molecule has 1 heterocycles. The van der Waals surface area contributed by atoms with Crippen molar-refractivity contribution in [1.29, 1.82) is 0 Å². The van der Waals surface area contributed by atoms with Gasteiger partial charge in [-0.2, -0.15) is 0 Å². The summed E-state index contributed by atoms with van der Waals surface area (Å²) < 4.78 is 33.6. The van der Waals surface area contributed by atoms with Crippen LogP contribution in [0.15, 0.2) is 114 Å². The van der Waals surface area contributed by atoms with E-state index in [1.165, 1.54) is 0 Å². The summed E-state index contributed by atoms with van der Waals surface area (Å²) in [5, 5.41) is 0.699. The molecule has 5 rings (SSSR count). The molecule has 1 aliphatic heterocycles. The topological polar surface area (TPSA) is 46.2 Å². The Bertz CT molecular complexity index is 1350. The van der Waals surface area contributed by atoms with Gasteiger partial charge in [-0.15, -0.1) is 0 Å². The van der Waals surface area contributed by atoms with E-state index in [4.69, 9.17) is 35.3 Å². The zero-order valence-corrected chi connectivity index (χ0v) is 26.0. The third-order valence-corrected chi connectivity index (χ3v) is 8.32. The fourth-order valence-corrected chi connectivity index (χ4v) is 5.59. The second-order valence-electron chi connectivity index (χ2n) is 10.4. The van der Waals surface area contributed by atoms with E-state index in [9.17, 15) is 0 Å². The van der Waals surface area contributed by atoms with Gasteiger partial charge in [0.25, 0.3) is 0 Å². The van der Waals surface area contributed by atoms with Gasteiger partial charge in [-0.3, -0.25) is 0 Å². The van der Waals surface area contributed by atoms with Crippen LogP contribution in [-0.4, -0.2) is 37.1 Å². The van der Waals surface area contributed by atoms with Crippen molar-refractivity contribution >= 4 is 27.5 Å². The fraction of sp³-hybridized carbons (Fsp3) is 0.314. The van der Waals surface area contributed by atoms with Crippen molar-refractivity contribution in [2.75, 3.05) is 6.61 Å². The number of rotatable bonds is 13. The van der Waals surface area contributed by atoms with E-state index < -0.39 is 12.2 Å². The van der Waals surface area contributed by atoms with Gasteiger partial charge < -0.3 is 23.7 Å². The molecular weight excluding hydrogens is 616 g/mol. The molecule has 42 heavy (non-hydrogen) atoms. The van der Waals surface area contributed by atoms with Gasteiger partial charge in [-0.25, -0.2) is 0 Å². The first-order chi connectivity index (χ1) is 20.6. The maximum atomic E-state index is 6.67. The average molecular weight is 652 g/mol. The predicted octanol–water partition coefficient (Wildman–Crippen LogP) is 8.16. The summed E-state index contributed by atoms with van der Waals surface area (Å²) >= 11 is 9.70. The Morgan fingerprint density at radius 2 is 1.17 bits per heavy atom. The SMILES string of the molecule is CC1O[C@@H](COCc2ccc(Cl)cc2)[C@H](OCc2ccccc2)[C@H](OCc2ccccc2)C1OCc1ccccc1Br. The molecule has 1 aliphatic rings. The van der Waals surface area contributed by atoms with Crippen LogP contribution in [0.3, 0.4) is 0 Å². The van der Waals surface area contributed by atoms with E-state index in [-0.39, 0.29) is 18.3 Å². The highest BCUT2D eigenvalue weighted by Gasteiger charge is 2.46. The highest BCUT2D eigenvalue weighted by molar-refractivity contribution is 9.10. The Balaban J connectivity index is 1.37. The van der Waals surface area contributed by atoms with E-state index in [1.54, 1.807) is 0 Å². The predicted molar refractivity (Wildman–Crippen MR) is 168 cm³/mol. The third kappa shape index (κ3) is 8.74. The van der Waals surface area contributed by atoms with Crippen LogP contribution in [0.25, 0.3) is 0 Å². The van der Waals surface area contributed by atoms with Gasteiger partial charge in [0.05, 0.1) is 39.1 Å². The quantitative estimate of drug-likeness (QED) is 0.146. The van der Waals surface area contributed by atoms with Crippen LogP contribution in [0, 0.1) is 0 Å². The average Bonchev–Trinajstić information content (AvgIpc) is 3.02. The van der Waals surface area contributed by atoms with E-state index >= 15 is 0 Å². The van der Waals surface area contributed by atoms with Crippen molar-refractivity contribution in [3.8, 4) is 0 Å². The first-order valence-electron chi connectivity index (χ1n) is 14.2. The number of benzene rings is 4. The molecule has 1 fully saturated rings. The van der Waals surface area contributed by atoms with Crippen LogP contribution in [0.1, 0.15) is 29.2 Å². The number of ether oxygens (including phenoxy) is 5. The summed E-state index contributed by atoms with van der Waals surface area (Å²) in [7, 11) is 0. The monoisotopic (exact) mass is 650 g/mol. The van der Waals surface area contributed by atoms with E-state index in [0.717, 1.165) is 26.7 Å². The van der Waals surface area contributed by atoms with Crippen LogP contribution in [-0.2, 0) is 50.1 Å². The molecule has 0 radical (unpaired) electrons. The molecule has 0 bridgehead atoms. The van der Waals surface area contributed by atoms with Crippen molar-refractivity contribution < 1.29 is 23.7 Å². The Morgan fingerprint density at radius 3 is 1.81 bits per heavy atom. The summed E-state index contributed by atoms with van der Waals surface area (Å²) in [4.78, 5) is 0. The molecule has 0 spiro atoms. The molecule has 0 aliphatic carbocycles. The minimum atomic E-state index is -0.431. The maximum absolute atomic E-state index is 6.67. The molecule has 2 unspecified atom stereocenters. The molecule has 1 saturated heterocycles. The summed E-state index contributed by atoms with van der Waals surface area (Å²) in [6.07, 6.45) is -1.81. The lowest BCUT2D eigenvalue weighted by atomic mass is 9.94. The van der Waals surface area contributed by atoms with E-state index in [2.05, 4.69) is 46.3 Å². The van der Waals surface area contributed by atoms with Gasteiger partial charge in [0.2, 0.25) is 0 Å². The highest BCUT2D eigenvalue weighted by atomic mass is 79.9. The van der Waals surface area contributed by atoms with Gasteiger partial charge in [-0.1, -0.05) is 119 Å². The van der Waals surface area contributed by atoms with Gasteiger partial charge in [0.15, 0.2) is 0 Å². The Kier molecular flexibility index (Phi) is 11.6. The number of halogens is 2. The minimum absolute atomic E-state index is 0.256. The molecule has 220 valence electrons. The largest absolute Gasteiger partial charge is 0.374 e. The lowest BCUT2D eigenvalue weighted by Gasteiger charge is -2.45. The summed E-state index contributed by atoms with van der Waals surface area (Å²) in [5.74, 6) is 0. The van der Waals surface area contributed by atoms with Crippen molar-refractivity contribution in [2.24, 2.45) is 0 Å². The van der Waals surface area contributed by atoms with Crippen molar-refractivity contribution in [1.82, 2.24) is 0 Å². The number of hydrogen-bond acceptors (Lipinski definition) is 5. The molecule has 0 amide bonds. The van der Waals surface area contributed by atoms with E-state index in [0.29, 0.717) is 38.1 Å². The lowest BCUT2D eigenvalue weighted by Crippen LogP contribution is -2.60. The summed E-state index contributed by atoms with van der Waals surface area (Å²) in [6.45, 7) is 4.07. The normalized spacial score (nSPS) is 22.2. The van der Waals surface area contributed by atoms with Gasteiger partial charge in [0, 0.05) is 9.50 Å². The first kappa shape index (κ1) is 30.9. The Labute approximate surface area is 261 Å². The molecule has 0 N–H and O–H groups in total. The Hall–Kier alpha value is -2.55. The van der Waals surface area contributed by atoms with Crippen LogP contribution in [0.5, 0.6) is 0 Å². The minimum Gasteiger partial charge on any atom is -0.374 e. The Morgan fingerprint density at radius 1 is 0.619 bits per heavy atom. The molecule has 5 nitrogen and oxygen atoms in total. The number of hydrogen-bond donors (Lipinski definition) is 0. The van der Waals surface area contributed by atoms with Gasteiger partial charge >= 0.3 is 0 Å². The lowest BCUT2D eigenvalue weighted by molar-refractivity contribution is -0.269.